The van der Waals surface area contributed by atoms with Gasteiger partial charge < -0.3 is 10.2 Å². The number of para-hydroxylation sites is 1. The number of fused-ring (bicyclic) bond motifs is 1. The molecule has 0 aliphatic rings. The summed E-state index contributed by atoms with van der Waals surface area (Å²) in [5.41, 5.74) is 2.27. The highest BCUT2D eigenvalue weighted by Crippen LogP contribution is 2.31. The van der Waals surface area contributed by atoms with Gasteiger partial charge in [-0.25, -0.2) is 0 Å². The van der Waals surface area contributed by atoms with E-state index in [1.165, 1.54) is 0 Å². The number of H-pyrrole nitrogens is 1. The zero-order chi connectivity index (χ0) is 11.8. The summed E-state index contributed by atoms with van der Waals surface area (Å²) in [6, 6.07) is 12.1. The van der Waals surface area contributed by atoms with E-state index in [1.54, 1.807) is 36.4 Å². The lowest BCUT2D eigenvalue weighted by atomic mass is 10.1. The molecule has 0 spiro atoms. The van der Waals surface area contributed by atoms with Crippen molar-refractivity contribution in [1.82, 2.24) is 10.2 Å². The van der Waals surface area contributed by atoms with Crippen LogP contribution in [0.3, 0.4) is 0 Å². The maximum atomic E-state index is 9.66. The van der Waals surface area contributed by atoms with E-state index in [-0.39, 0.29) is 11.5 Å². The summed E-state index contributed by atoms with van der Waals surface area (Å²) in [7, 11) is 0. The molecule has 0 saturated carbocycles. The highest BCUT2D eigenvalue weighted by molar-refractivity contribution is 5.95. The molecule has 0 radical (unpaired) electrons. The number of hydrogen-bond acceptors (Lipinski definition) is 3. The molecule has 0 bridgehead atoms. The molecule has 4 nitrogen and oxygen atoms in total. The first kappa shape index (κ1) is 9.72. The predicted molar refractivity (Wildman–Crippen MR) is 64.9 cm³/mol. The highest BCUT2D eigenvalue weighted by Gasteiger charge is 2.09. The first-order chi connectivity index (χ1) is 8.25. The zero-order valence-corrected chi connectivity index (χ0v) is 8.88. The first-order valence-corrected chi connectivity index (χ1v) is 5.21. The fraction of sp³-hybridized carbons (Fsp3) is 0. The van der Waals surface area contributed by atoms with Crippen molar-refractivity contribution < 1.29 is 10.2 Å². The lowest BCUT2D eigenvalue weighted by molar-refractivity contribution is 0.475. The number of rotatable bonds is 1. The monoisotopic (exact) mass is 226 g/mol. The van der Waals surface area contributed by atoms with Crippen LogP contribution in [-0.4, -0.2) is 20.4 Å². The molecule has 17 heavy (non-hydrogen) atoms. The van der Waals surface area contributed by atoms with Crippen molar-refractivity contribution in [1.29, 1.82) is 0 Å². The molecule has 0 amide bonds. The molecule has 3 aromatic rings. The summed E-state index contributed by atoms with van der Waals surface area (Å²) in [5, 5.41) is 26.8. The Morgan fingerprint density at radius 1 is 0.941 bits per heavy atom. The van der Waals surface area contributed by atoms with Gasteiger partial charge in [-0.1, -0.05) is 12.1 Å². The summed E-state index contributed by atoms with van der Waals surface area (Å²) in [6.45, 7) is 0. The van der Waals surface area contributed by atoms with Crippen LogP contribution in [-0.2, 0) is 0 Å². The molecular weight excluding hydrogens is 216 g/mol. The van der Waals surface area contributed by atoms with Crippen LogP contribution < -0.4 is 0 Å². The molecule has 3 rings (SSSR count). The van der Waals surface area contributed by atoms with Crippen molar-refractivity contribution in [2.75, 3.05) is 0 Å². The van der Waals surface area contributed by atoms with Gasteiger partial charge in [0.15, 0.2) is 0 Å². The van der Waals surface area contributed by atoms with Gasteiger partial charge in [0.25, 0.3) is 0 Å². The molecule has 4 heteroatoms. The molecule has 2 aromatic carbocycles. The number of phenols is 2. The summed E-state index contributed by atoms with van der Waals surface area (Å²) in [4.78, 5) is 0. The largest absolute Gasteiger partial charge is 0.508 e. The molecule has 0 atom stereocenters. The highest BCUT2D eigenvalue weighted by atomic mass is 16.3. The Morgan fingerprint density at radius 3 is 2.47 bits per heavy atom. The van der Waals surface area contributed by atoms with Gasteiger partial charge in [-0.2, -0.15) is 5.10 Å². The van der Waals surface area contributed by atoms with Gasteiger partial charge in [0.05, 0.1) is 0 Å². The normalized spacial score (nSPS) is 10.8. The lowest BCUT2D eigenvalue weighted by Crippen LogP contribution is -1.77. The number of hydrogen-bond donors (Lipinski definition) is 3. The fourth-order valence-electron chi connectivity index (χ4n) is 1.87. The predicted octanol–water partition coefficient (Wildman–Crippen LogP) is 2.64. The number of nitrogens with one attached hydrogen (secondary N) is 1. The quantitative estimate of drug-likeness (QED) is 0.597. The Bertz CT molecular complexity index is 671. The maximum Gasteiger partial charge on any atom is 0.141 e. The van der Waals surface area contributed by atoms with E-state index in [1.807, 2.05) is 6.07 Å². The Morgan fingerprint density at radius 2 is 1.71 bits per heavy atom. The topological polar surface area (TPSA) is 69.1 Å². The van der Waals surface area contributed by atoms with E-state index >= 15 is 0 Å². The third-order valence-electron chi connectivity index (χ3n) is 2.72. The minimum absolute atomic E-state index is 0.181. The number of aromatic amines is 1. The second-order valence-electron chi connectivity index (χ2n) is 3.82. The van der Waals surface area contributed by atoms with Gasteiger partial charge in [-0.05, 0) is 30.3 Å². The molecule has 3 N–H and O–H groups in total. The van der Waals surface area contributed by atoms with Gasteiger partial charge in [0, 0.05) is 10.9 Å². The summed E-state index contributed by atoms with van der Waals surface area (Å²) >= 11 is 0. The number of phenolic OH excluding ortho intramolecular Hbond substituents is 2. The molecule has 0 aliphatic heterocycles. The smallest absolute Gasteiger partial charge is 0.141 e. The van der Waals surface area contributed by atoms with Crippen molar-refractivity contribution in [3.63, 3.8) is 0 Å². The van der Waals surface area contributed by atoms with Crippen molar-refractivity contribution in [3.8, 4) is 22.8 Å². The third-order valence-corrected chi connectivity index (χ3v) is 2.72. The molecule has 0 fully saturated rings. The van der Waals surface area contributed by atoms with E-state index < -0.39 is 0 Å². The van der Waals surface area contributed by atoms with E-state index in [0.29, 0.717) is 5.52 Å². The van der Waals surface area contributed by atoms with Crippen LogP contribution in [0.15, 0.2) is 42.5 Å². The van der Waals surface area contributed by atoms with Crippen molar-refractivity contribution in [2.24, 2.45) is 0 Å². The standard InChI is InChI=1S/C13H10N2O2/c16-9-6-4-8(5-7-9)12-10-2-1-3-11(17)13(10)15-14-12/h1-7,16-17H,(H,14,15). The zero-order valence-electron chi connectivity index (χ0n) is 8.88. The SMILES string of the molecule is Oc1ccc(-c2n[nH]c3c(O)cccc23)cc1. The number of aromatic hydroxyl groups is 2. The first-order valence-electron chi connectivity index (χ1n) is 5.21. The number of aromatic nitrogens is 2. The van der Waals surface area contributed by atoms with Gasteiger partial charge >= 0.3 is 0 Å². The summed E-state index contributed by atoms with van der Waals surface area (Å²) in [6.07, 6.45) is 0. The Balaban J connectivity index is 2.24. The summed E-state index contributed by atoms with van der Waals surface area (Å²) < 4.78 is 0. The van der Waals surface area contributed by atoms with Crippen LogP contribution in [0.1, 0.15) is 0 Å². The van der Waals surface area contributed by atoms with Crippen molar-refractivity contribution in [3.05, 3.63) is 42.5 Å². The van der Waals surface area contributed by atoms with Crippen LogP contribution in [0.5, 0.6) is 11.5 Å². The van der Waals surface area contributed by atoms with Crippen molar-refractivity contribution >= 4 is 10.9 Å². The average molecular weight is 226 g/mol. The maximum absolute atomic E-state index is 9.66. The van der Waals surface area contributed by atoms with Crippen molar-refractivity contribution in [2.45, 2.75) is 0 Å². The van der Waals surface area contributed by atoms with Crippen LogP contribution >= 0.6 is 0 Å². The second-order valence-corrected chi connectivity index (χ2v) is 3.82. The van der Waals surface area contributed by atoms with Gasteiger partial charge in [-0.15, -0.1) is 0 Å². The average Bonchev–Trinajstić information content (AvgIpc) is 2.75. The van der Waals surface area contributed by atoms with E-state index in [9.17, 15) is 10.2 Å². The molecule has 1 aromatic heterocycles. The Hall–Kier alpha value is -2.49. The minimum atomic E-state index is 0.181. The second kappa shape index (κ2) is 3.52. The van der Waals surface area contributed by atoms with E-state index in [0.717, 1.165) is 16.6 Å². The minimum Gasteiger partial charge on any atom is -0.508 e. The molecule has 0 unspecified atom stereocenters. The number of benzene rings is 2. The van der Waals surface area contributed by atoms with Gasteiger partial charge in [-0.3, -0.25) is 5.10 Å². The third kappa shape index (κ3) is 1.50. The molecule has 1 heterocycles. The van der Waals surface area contributed by atoms with Gasteiger partial charge in [0.2, 0.25) is 0 Å². The Kier molecular flexibility index (Phi) is 2.01. The van der Waals surface area contributed by atoms with E-state index in [2.05, 4.69) is 10.2 Å². The van der Waals surface area contributed by atoms with Crippen LogP contribution in [0.25, 0.3) is 22.2 Å². The van der Waals surface area contributed by atoms with Gasteiger partial charge in [0.1, 0.15) is 22.7 Å². The molecule has 84 valence electrons. The lowest BCUT2D eigenvalue weighted by Gasteiger charge is -1.98. The summed E-state index contributed by atoms with van der Waals surface area (Å²) in [5.74, 6) is 0.400. The van der Waals surface area contributed by atoms with Crippen LogP contribution in [0.4, 0.5) is 0 Å². The van der Waals surface area contributed by atoms with Crippen LogP contribution in [0.2, 0.25) is 0 Å². The Labute approximate surface area is 97.2 Å². The van der Waals surface area contributed by atoms with Crippen LogP contribution in [0, 0.1) is 0 Å². The molecular formula is C13H10N2O2. The van der Waals surface area contributed by atoms with E-state index in [4.69, 9.17) is 0 Å². The number of nitrogens with zero attached hydrogens (tertiary/aromatic N) is 1. The molecule has 0 aliphatic carbocycles. The molecule has 0 saturated heterocycles. The fourth-order valence-corrected chi connectivity index (χ4v) is 1.87.